The van der Waals surface area contributed by atoms with Crippen molar-refractivity contribution in [2.75, 3.05) is 48.7 Å². The number of halogens is 1. The molecule has 2 aromatic rings. The fraction of sp³-hybridized carbons (Fsp3) is 0.316. The average Bonchev–Trinajstić information content (AvgIpc) is 2.67. The van der Waals surface area contributed by atoms with Gasteiger partial charge in [0.2, 0.25) is 10.0 Å². The van der Waals surface area contributed by atoms with Crippen LogP contribution < -0.4 is 9.21 Å². The number of piperazine rings is 1. The first-order chi connectivity index (χ1) is 12.8. The van der Waals surface area contributed by atoms with Gasteiger partial charge >= 0.3 is 0 Å². The third-order valence-corrected chi connectivity index (χ3v) is 5.94. The molecular weight excluding hydrogens is 369 g/mol. The molecule has 0 N–H and O–H groups in total. The molecule has 0 radical (unpaired) electrons. The van der Waals surface area contributed by atoms with E-state index in [4.69, 9.17) is 0 Å². The smallest absolute Gasteiger partial charge is 0.253 e. The molecule has 1 aliphatic rings. The molecule has 27 heavy (non-hydrogen) atoms. The highest BCUT2D eigenvalue weighted by atomic mass is 32.2. The van der Waals surface area contributed by atoms with Crippen molar-refractivity contribution < 1.29 is 17.6 Å². The van der Waals surface area contributed by atoms with Gasteiger partial charge in [-0.15, -0.1) is 0 Å². The van der Waals surface area contributed by atoms with Crippen molar-refractivity contribution in [3.05, 3.63) is 59.9 Å². The number of amides is 1. The summed E-state index contributed by atoms with van der Waals surface area (Å²) in [6, 6.07) is 13.1. The monoisotopic (exact) mass is 391 g/mol. The second-order valence-electron chi connectivity index (χ2n) is 6.51. The average molecular weight is 391 g/mol. The fourth-order valence-electron chi connectivity index (χ4n) is 3.05. The first-order valence-electron chi connectivity index (χ1n) is 8.60. The quantitative estimate of drug-likeness (QED) is 0.802. The van der Waals surface area contributed by atoms with E-state index in [1.165, 1.54) is 13.1 Å². The van der Waals surface area contributed by atoms with Crippen molar-refractivity contribution >= 4 is 27.3 Å². The summed E-state index contributed by atoms with van der Waals surface area (Å²) in [4.78, 5) is 16.4. The molecule has 0 saturated carbocycles. The standard InChI is InChI=1S/C19H22FN3O3S/c1-21(27(2,25)26)16-9-7-15(8-10-16)19(24)23-13-11-22(12-14-23)18-6-4-3-5-17(18)20/h3-10H,11-14H2,1-2H3. The van der Waals surface area contributed by atoms with Crippen LogP contribution in [0.2, 0.25) is 0 Å². The molecular formula is C19H22FN3O3S. The van der Waals surface area contributed by atoms with Crippen molar-refractivity contribution in [3.63, 3.8) is 0 Å². The molecule has 1 fully saturated rings. The van der Waals surface area contributed by atoms with Crippen LogP contribution in [0.4, 0.5) is 15.8 Å². The van der Waals surface area contributed by atoms with E-state index in [1.54, 1.807) is 47.4 Å². The topological polar surface area (TPSA) is 60.9 Å². The van der Waals surface area contributed by atoms with Crippen LogP contribution in [0.25, 0.3) is 0 Å². The zero-order chi connectivity index (χ0) is 19.6. The van der Waals surface area contributed by atoms with Crippen LogP contribution in [0.1, 0.15) is 10.4 Å². The highest BCUT2D eigenvalue weighted by Gasteiger charge is 2.23. The van der Waals surface area contributed by atoms with E-state index in [1.807, 2.05) is 4.90 Å². The van der Waals surface area contributed by atoms with Crippen molar-refractivity contribution in [3.8, 4) is 0 Å². The Kier molecular flexibility index (Phi) is 5.36. The molecule has 0 bridgehead atoms. The number of hydrogen-bond donors (Lipinski definition) is 0. The Bertz CT molecular complexity index is 923. The normalized spacial score (nSPS) is 14.9. The Balaban J connectivity index is 1.65. The van der Waals surface area contributed by atoms with E-state index in [-0.39, 0.29) is 11.7 Å². The van der Waals surface area contributed by atoms with Crippen LogP contribution >= 0.6 is 0 Å². The van der Waals surface area contributed by atoms with E-state index in [2.05, 4.69) is 0 Å². The summed E-state index contributed by atoms with van der Waals surface area (Å²) in [6.07, 6.45) is 1.13. The SMILES string of the molecule is CN(c1ccc(C(=O)N2CCN(c3ccccc3F)CC2)cc1)S(C)(=O)=O. The Labute approximate surface area is 158 Å². The third-order valence-electron chi connectivity index (χ3n) is 4.74. The van der Waals surface area contributed by atoms with E-state index in [9.17, 15) is 17.6 Å². The van der Waals surface area contributed by atoms with Gasteiger partial charge in [0.1, 0.15) is 5.82 Å². The van der Waals surface area contributed by atoms with Gasteiger partial charge in [-0.05, 0) is 36.4 Å². The number of carbonyl (C=O) groups excluding carboxylic acids is 1. The molecule has 8 heteroatoms. The maximum absolute atomic E-state index is 13.9. The van der Waals surface area contributed by atoms with Gasteiger partial charge in [-0.3, -0.25) is 9.10 Å². The summed E-state index contributed by atoms with van der Waals surface area (Å²) in [5.41, 5.74) is 1.55. The predicted octanol–water partition coefficient (Wildman–Crippen LogP) is 2.18. The summed E-state index contributed by atoms with van der Waals surface area (Å²) in [7, 11) is -1.88. The molecule has 1 amide bonds. The Hall–Kier alpha value is -2.61. The number of rotatable bonds is 4. The van der Waals surface area contributed by atoms with Crippen molar-refractivity contribution in [1.82, 2.24) is 4.90 Å². The lowest BCUT2D eigenvalue weighted by atomic mass is 10.1. The van der Waals surface area contributed by atoms with Crippen molar-refractivity contribution in [1.29, 1.82) is 0 Å². The van der Waals surface area contributed by atoms with Crippen LogP contribution in [0.3, 0.4) is 0 Å². The van der Waals surface area contributed by atoms with Gasteiger partial charge in [-0.25, -0.2) is 12.8 Å². The minimum absolute atomic E-state index is 0.114. The summed E-state index contributed by atoms with van der Waals surface area (Å²) in [5.74, 6) is -0.375. The molecule has 0 aliphatic carbocycles. The highest BCUT2D eigenvalue weighted by Crippen LogP contribution is 2.21. The molecule has 144 valence electrons. The number of para-hydroxylation sites is 1. The minimum atomic E-state index is -3.34. The maximum atomic E-state index is 13.9. The number of nitrogens with zero attached hydrogens (tertiary/aromatic N) is 3. The van der Waals surface area contributed by atoms with Gasteiger partial charge in [-0.2, -0.15) is 0 Å². The van der Waals surface area contributed by atoms with Crippen LogP contribution in [0, 0.1) is 5.82 Å². The first-order valence-corrected chi connectivity index (χ1v) is 10.4. The molecule has 2 aromatic carbocycles. The van der Waals surface area contributed by atoms with E-state index < -0.39 is 10.0 Å². The van der Waals surface area contributed by atoms with Crippen molar-refractivity contribution in [2.45, 2.75) is 0 Å². The maximum Gasteiger partial charge on any atom is 0.253 e. The summed E-state index contributed by atoms with van der Waals surface area (Å²) >= 11 is 0. The number of sulfonamides is 1. The molecule has 0 unspecified atom stereocenters. The highest BCUT2D eigenvalue weighted by molar-refractivity contribution is 7.92. The lowest BCUT2D eigenvalue weighted by Crippen LogP contribution is -2.49. The number of anilines is 2. The zero-order valence-electron chi connectivity index (χ0n) is 15.3. The zero-order valence-corrected chi connectivity index (χ0v) is 16.1. The van der Waals surface area contributed by atoms with E-state index >= 15 is 0 Å². The molecule has 3 rings (SSSR count). The van der Waals surface area contributed by atoms with Crippen LogP contribution in [0.5, 0.6) is 0 Å². The van der Waals surface area contributed by atoms with Crippen molar-refractivity contribution in [2.24, 2.45) is 0 Å². The third kappa shape index (κ3) is 4.21. The summed E-state index contributed by atoms with van der Waals surface area (Å²) < 4.78 is 38.3. The van der Waals surface area contributed by atoms with Gasteiger partial charge in [0.05, 0.1) is 17.6 Å². The van der Waals surface area contributed by atoms with Gasteiger partial charge in [0.25, 0.3) is 5.91 Å². The Morgan fingerprint density at radius 1 is 1.00 bits per heavy atom. The molecule has 0 aromatic heterocycles. The van der Waals surface area contributed by atoms with Crippen LogP contribution in [0.15, 0.2) is 48.5 Å². The van der Waals surface area contributed by atoms with Gasteiger partial charge in [0.15, 0.2) is 0 Å². The Morgan fingerprint density at radius 3 is 2.15 bits per heavy atom. The molecule has 1 saturated heterocycles. The predicted molar refractivity (Wildman–Crippen MR) is 104 cm³/mol. The molecule has 1 aliphatic heterocycles. The second kappa shape index (κ2) is 7.56. The molecule has 0 spiro atoms. The first kappa shape index (κ1) is 19.2. The number of carbonyl (C=O) groups is 1. The lowest BCUT2D eigenvalue weighted by molar-refractivity contribution is 0.0746. The van der Waals surface area contributed by atoms with Crippen LogP contribution in [-0.4, -0.2) is 58.7 Å². The fourth-order valence-corrected chi connectivity index (χ4v) is 3.55. The minimum Gasteiger partial charge on any atom is -0.366 e. The molecule has 1 heterocycles. The number of hydrogen-bond acceptors (Lipinski definition) is 4. The Morgan fingerprint density at radius 2 is 1.59 bits per heavy atom. The van der Waals surface area contributed by atoms with E-state index in [0.29, 0.717) is 43.1 Å². The van der Waals surface area contributed by atoms with Gasteiger partial charge in [-0.1, -0.05) is 12.1 Å². The lowest BCUT2D eigenvalue weighted by Gasteiger charge is -2.36. The van der Waals surface area contributed by atoms with Gasteiger partial charge in [0, 0.05) is 38.8 Å². The summed E-state index contributed by atoms with van der Waals surface area (Å²) in [6.45, 7) is 2.11. The van der Waals surface area contributed by atoms with E-state index in [0.717, 1.165) is 10.6 Å². The second-order valence-corrected chi connectivity index (χ2v) is 8.52. The molecule has 6 nitrogen and oxygen atoms in total. The van der Waals surface area contributed by atoms with Gasteiger partial charge < -0.3 is 9.80 Å². The van der Waals surface area contributed by atoms with Crippen LogP contribution in [-0.2, 0) is 10.0 Å². The summed E-state index contributed by atoms with van der Waals surface area (Å²) in [5, 5.41) is 0. The molecule has 0 atom stereocenters. The number of benzene rings is 2. The largest absolute Gasteiger partial charge is 0.366 e.